The Hall–Kier alpha value is -1.14. The molecule has 5 nitrogen and oxygen atoms in total. The fourth-order valence-corrected chi connectivity index (χ4v) is 2.33. The van der Waals surface area contributed by atoms with Crippen molar-refractivity contribution in [3.05, 3.63) is 34.3 Å². The monoisotopic (exact) mass is 283 g/mol. The highest BCUT2D eigenvalue weighted by Gasteiger charge is 2.20. The average molecular weight is 284 g/mol. The summed E-state index contributed by atoms with van der Waals surface area (Å²) in [5.74, 6) is 0. The minimum Gasteiger partial charge on any atom is -0.307 e. The summed E-state index contributed by atoms with van der Waals surface area (Å²) in [6.45, 7) is 0. The number of nitrogens with one attached hydrogen (secondary N) is 1. The lowest BCUT2D eigenvalue weighted by Gasteiger charge is -2.14. The Morgan fingerprint density at radius 2 is 2.19 bits per heavy atom. The maximum atomic E-state index is 4.41. The van der Waals surface area contributed by atoms with Crippen molar-refractivity contribution in [1.82, 2.24) is 24.9 Å². The van der Waals surface area contributed by atoms with Crippen LogP contribution in [0.4, 0.5) is 0 Å². The first-order valence-corrected chi connectivity index (χ1v) is 5.77. The highest BCUT2D eigenvalue weighted by atomic mass is 79.9. The van der Waals surface area contributed by atoms with Crippen LogP contribution in [0.3, 0.4) is 0 Å². The molecule has 0 aliphatic heterocycles. The van der Waals surface area contributed by atoms with Gasteiger partial charge in [-0.2, -0.15) is 10.2 Å². The average Bonchev–Trinajstić information content (AvgIpc) is 2.80. The number of hydrogen-bond donors (Lipinski definition) is 1. The molecule has 0 bridgehead atoms. The molecule has 0 aromatic carbocycles. The third-order valence-electron chi connectivity index (χ3n) is 2.53. The first kappa shape index (κ1) is 11.3. The van der Waals surface area contributed by atoms with Gasteiger partial charge in [0.05, 0.1) is 28.1 Å². The molecule has 0 amide bonds. The smallest absolute Gasteiger partial charge is 0.0949 e. The molecule has 86 valence electrons. The number of hydrogen-bond acceptors (Lipinski definition) is 3. The quantitative estimate of drug-likeness (QED) is 0.922. The molecule has 0 saturated heterocycles. The second kappa shape index (κ2) is 4.39. The largest absolute Gasteiger partial charge is 0.307 e. The summed E-state index contributed by atoms with van der Waals surface area (Å²) >= 11 is 3.50. The van der Waals surface area contributed by atoms with Crippen molar-refractivity contribution in [3.63, 3.8) is 0 Å². The van der Waals surface area contributed by atoms with Crippen LogP contribution in [0.25, 0.3) is 0 Å². The van der Waals surface area contributed by atoms with Crippen molar-refractivity contribution in [2.24, 2.45) is 14.1 Å². The summed E-state index contributed by atoms with van der Waals surface area (Å²) in [7, 11) is 5.75. The molecular formula is C10H14BrN5. The Bertz CT molecular complexity index is 468. The van der Waals surface area contributed by atoms with E-state index in [2.05, 4.69) is 31.4 Å². The lowest BCUT2D eigenvalue weighted by Crippen LogP contribution is -2.21. The number of nitrogens with zero attached hydrogens (tertiary/aromatic N) is 4. The number of halogens is 1. The van der Waals surface area contributed by atoms with Gasteiger partial charge in [-0.25, -0.2) is 0 Å². The number of aromatic nitrogens is 4. The zero-order chi connectivity index (χ0) is 11.7. The van der Waals surface area contributed by atoms with E-state index in [1.54, 1.807) is 10.9 Å². The lowest BCUT2D eigenvalue weighted by atomic mass is 10.1. The van der Waals surface area contributed by atoms with Gasteiger partial charge in [-0.05, 0) is 29.0 Å². The molecule has 2 rings (SSSR count). The zero-order valence-electron chi connectivity index (χ0n) is 9.48. The van der Waals surface area contributed by atoms with E-state index in [-0.39, 0.29) is 6.04 Å². The van der Waals surface area contributed by atoms with Crippen molar-refractivity contribution < 1.29 is 0 Å². The molecule has 1 atom stereocenters. The van der Waals surface area contributed by atoms with E-state index in [9.17, 15) is 0 Å². The Morgan fingerprint density at radius 3 is 2.62 bits per heavy atom. The molecular weight excluding hydrogens is 270 g/mol. The molecule has 0 radical (unpaired) electrons. The molecule has 1 N–H and O–H groups in total. The Kier molecular flexibility index (Phi) is 3.11. The van der Waals surface area contributed by atoms with Crippen LogP contribution in [-0.4, -0.2) is 26.6 Å². The summed E-state index contributed by atoms with van der Waals surface area (Å²) in [4.78, 5) is 0. The number of rotatable bonds is 3. The number of aryl methyl sites for hydroxylation is 2. The van der Waals surface area contributed by atoms with Crippen LogP contribution in [0.2, 0.25) is 0 Å². The molecule has 16 heavy (non-hydrogen) atoms. The van der Waals surface area contributed by atoms with E-state index in [0.717, 1.165) is 15.9 Å². The Morgan fingerprint density at radius 1 is 1.44 bits per heavy atom. The zero-order valence-corrected chi connectivity index (χ0v) is 11.1. The van der Waals surface area contributed by atoms with E-state index in [0.29, 0.717) is 0 Å². The standard InChI is InChI=1S/C10H14BrN5/c1-12-9(8-4-5-15(2)14-8)10-7(11)6-13-16(10)3/h4-6,9,12H,1-3H3. The maximum Gasteiger partial charge on any atom is 0.0949 e. The van der Waals surface area contributed by atoms with Crippen molar-refractivity contribution in [3.8, 4) is 0 Å². The van der Waals surface area contributed by atoms with Gasteiger partial charge in [-0.3, -0.25) is 9.36 Å². The molecule has 2 aromatic rings. The van der Waals surface area contributed by atoms with Gasteiger partial charge < -0.3 is 5.32 Å². The van der Waals surface area contributed by atoms with Gasteiger partial charge in [0.2, 0.25) is 0 Å². The van der Waals surface area contributed by atoms with Gasteiger partial charge in [0.15, 0.2) is 0 Å². The molecule has 0 aliphatic carbocycles. The highest BCUT2D eigenvalue weighted by molar-refractivity contribution is 9.10. The normalized spacial score (nSPS) is 13.0. The second-order valence-electron chi connectivity index (χ2n) is 3.64. The van der Waals surface area contributed by atoms with Crippen LogP contribution < -0.4 is 5.32 Å². The van der Waals surface area contributed by atoms with Gasteiger partial charge in [0, 0.05) is 20.3 Å². The molecule has 0 fully saturated rings. The first-order chi connectivity index (χ1) is 7.63. The Labute approximate surface area is 103 Å². The van der Waals surface area contributed by atoms with E-state index in [1.165, 1.54) is 0 Å². The topological polar surface area (TPSA) is 47.7 Å². The van der Waals surface area contributed by atoms with Crippen LogP contribution in [0, 0.1) is 0 Å². The van der Waals surface area contributed by atoms with Crippen molar-refractivity contribution >= 4 is 15.9 Å². The van der Waals surface area contributed by atoms with E-state index < -0.39 is 0 Å². The highest BCUT2D eigenvalue weighted by Crippen LogP contribution is 2.26. The minimum atomic E-state index is 0.0445. The minimum absolute atomic E-state index is 0.0445. The van der Waals surface area contributed by atoms with Gasteiger partial charge in [0.1, 0.15) is 0 Å². The second-order valence-corrected chi connectivity index (χ2v) is 4.49. The van der Waals surface area contributed by atoms with Gasteiger partial charge in [0.25, 0.3) is 0 Å². The first-order valence-electron chi connectivity index (χ1n) is 4.97. The lowest BCUT2D eigenvalue weighted by molar-refractivity contribution is 0.581. The third kappa shape index (κ3) is 1.90. The van der Waals surface area contributed by atoms with Gasteiger partial charge in [-0.15, -0.1) is 0 Å². The molecule has 6 heteroatoms. The molecule has 0 spiro atoms. The third-order valence-corrected chi connectivity index (χ3v) is 3.14. The summed E-state index contributed by atoms with van der Waals surface area (Å²) in [5.41, 5.74) is 2.05. The molecule has 2 aromatic heterocycles. The summed E-state index contributed by atoms with van der Waals surface area (Å²) in [6, 6.07) is 2.05. The predicted molar refractivity (Wildman–Crippen MR) is 65.0 cm³/mol. The summed E-state index contributed by atoms with van der Waals surface area (Å²) in [5, 5.41) is 11.9. The molecule has 2 heterocycles. The van der Waals surface area contributed by atoms with Crippen molar-refractivity contribution in [2.75, 3.05) is 7.05 Å². The van der Waals surface area contributed by atoms with Crippen LogP contribution in [0.15, 0.2) is 22.9 Å². The SMILES string of the molecule is CNC(c1ccn(C)n1)c1c(Br)cnn1C. The van der Waals surface area contributed by atoms with Gasteiger partial charge in [-0.1, -0.05) is 0 Å². The summed E-state index contributed by atoms with van der Waals surface area (Å²) < 4.78 is 4.63. The molecule has 0 saturated carbocycles. The van der Waals surface area contributed by atoms with Gasteiger partial charge >= 0.3 is 0 Å². The summed E-state index contributed by atoms with van der Waals surface area (Å²) in [6.07, 6.45) is 3.73. The maximum absolute atomic E-state index is 4.41. The molecule has 1 unspecified atom stereocenters. The van der Waals surface area contributed by atoms with E-state index in [4.69, 9.17) is 0 Å². The molecule has 0 aliphatic rings. The van der Waals surface area contributed by atoms with Crippen LogP contribution in [-0.2, 0) is 14.1 Å². The van der Waals surface area contributed by atoms with E-state index in [1.807, 2.05) is 38.1 Å². The Balaban J connectivity index is 2.44. The van der Waals surface area contributed by atoms with Crippen molar-refractivity contribution in [1.29, 1.82) is 0 Å². The fourth-order valence-electron chi connectivity index (χ4n) is 1.76. The fraction of sp³-hybridized carbons (Fsp3) is 0.400. The van der Waals surface area contributed by atoms with Crippen LogP contribution >= 0.6 is 15.9 Å². The van der Waals surface area contributed by atoms with E-state index >= 15 is 0 Å². The van der Waals surface area contributed by atoms with Crippen LogP contribution in [0.5, 0.6) is 0 Å². The van der Waals surface area contributed by atoms with Crippen molar-refractivity contribution in [2.45, 2.75) is 6.04 Å². The predicted octanol–water partition coefficient (Wildman–Crippen LogP) is 1.22. The van der Waals surface area contributed by atoms with Crippen LogP contribution in [0.1, 0.15) is 17.4 Å².